The van der Waals surface area contributed by atoms with Gasteiger partial charge in [0.1, 0.15) is 0 Å². The van der Waals surface area contributed by atoms with Gasteiger partial charge in [-0.2, -0.15) is 0 Å². The number of methoxy groups -OCH3 is 2. The highest BCUT2D eigenvalue weighted by Crippen LogP contribution is 2.43. The average molecular weight is 198 g/mol. The van der Waals surface area contributed by atoms with Gasteiger partial charge in [-0.05, 0) is 24.8 Å². The van der Waals surface area contributed by atoms with Gasteiger partial charge in [0.2, 0.25) is 0 Å². The molecule has 0 radical (unpaired) electrons. The molecule has 0 aromatic carbocycles. The maximum Gasteiger partial charge on any atom is 0.327 e. The lowest BCUT2D eigenvalue weighted by Crippen LogP contribution is -2.39. The Morgan fingerprint density at radius 2 is 1.79 bits per heavy atom. The van der Waals surface area contributed by atoms with Crippen molar-refractivity contribution in [2.24, 2.45) is 5.41 Å². The van der Waals surface area contributed by atoms with Crippen molar-refractivity contribution in [2.45, 2.75) is 19.3 Å². The van der Waals surface area contributed by atoms with E-state index in [4.69, 9.17) is 0 Å². The summed E-state index contributed by atoms with van der Waals surface area (Å²) < 4.78 is 9.26. The van der Waals surface area contributed by atoms with Gasteiger partial charge >= 0.3 is 11.9 Å². The van der Waals surface area contributed by atoms with Crippen LogP contribution in [-0.2, 0) is 19.1 Å². The molecule has 14 heavy (non-hydrogen) atoms. The number of hydrogen-bond donors (Lipinski definition) is 0. The molecule has 0 amide bonds. The molecule has 4 nitrogen and oxygen atoms in total. The molecule has 0 aromatic rings. The van der Waals surface area contributed by atoms with Gasteiger partial charge in [-0.15, -0.1) is 0 Å². The maximum absolute atomic E-state index is 11.6. The van der Waals surface area contributed by atoms with Gasteiger partial charge in [0, 0.05) is 0 Å². The normalized spacial score (nSPS) is 19.1. The van der Waals surface area contributed by atoms with Gasteiger partial charge in [0.15, 0.2) is 5.41 Å². The number of ether oxygens (including phenoxy) is 2. The van der Waals surface area contributed by atoms with Crippen LogP contribution in [0.5, 0.6) is 0 Å². The second kappa shape index (κ2) is 3.82. The summed E-state index contributed by atoms with van der Waals surface area (Å²) in [6.45, 7) is 3.74. The number of carbonyl (C=O) groups excluding carboxylic acids is 2. The Morgan fingerprint density at radius 1 is 1.29 bits per heavy atom. The molecule has 1 aliphatic carbocycles. The predicted octanol–water partition coefficient (Wildman–Crippen LogP) is 1.06. The Balaban J connectivity index is 3.08. The molecule has 0 bridgehead atoms. The lowest BCUT2D eigenvalue weighted by atomic mass is 9.83. The SMILES string of the molecule is C=C1CCCC1(C(=O)OC)C(=O)OC. The highest BCUT2D eigenvalue weighted by molar-refractivity contribution is 6.03. The van der Waals surface area contributed by atoms with Gasteiger partial charge in [0.25, 0.3) is 0 Å². The van der Waals surface area contributed by atoms with Gasteiger partial charge in [-0.25, -0.2) is 0 Å². The Morgan fingerprint density at radius 3 is 2.07 bits per heavy atom. The summed E-state index contributed by atoms with van der Waals surface area (Å²) in [6.07, 6.45) is 1.87. The van der Waals surface area contributed by atoms with Crippen LogP contribution in [-0.4, -0.2) is 26.2 Å². The molecule has 0 unspecified atom stereocenters. The van der Waals surface area contributed by atoms with Crippen LogP contribution < -0.4 is 0 Å². The molecule has 0 aromatic heterocycles. The number of hydrogen-bond acceptors (Lipinski definition) is 4. The molecule has 1 saturated carbocycles. The fourth-order valence-corrected chi connectivity index (χ4v) is 1.88. The van der Waals surface area contributed by atoms with Crippen LogP contribution in [0.3, 0.4) is 0 Å². The molecule has 0 spiro atoms. The molecule has 1 rings (SSSR count). The Kier molecular flexibility index (Phi) is 2.93. The topological polar surface area (TPSA) is 52.6 Å². The second-order valence-electron chi connectivity index (χ2n) is 3.35. The van der Waals surface area contributed by atoms with E-state index in [1.807, 2.05) is 0 Å². The summed E-state index contributed by atoms with van der Waals surface area (Å²) in [6, 6.07) is 0. The molecule has 0 aliphatic heterocycles. The van der Waals surface area contributed by atoms with Gasteiger partial charge in [-0.3, -0.25) is 9.59 Å². The zero-order valence-electron chi connectivity index (χ0n) is 8.46. The van der Waals surface area contributed by atoms with Gasteiger partial charge < -0.3 is 9.47 Å². The summed E-state index contributed by atoms with van der Waals surface area (Å²) in [7, 11) is 2.53. The molecule has 0 atom stereocenters. The van der Waals surface area contributed by atoms with E-state index in [9.17, 15) is 9.59 Å². The number of esters is 2. The molecule has 0 saturated heterocycles. The summed E-state index contributed by atoms with van der Waals surface area (Å²) in [4.78, 5) is 23.1. The number of carbonyl (C=O) groups is 2. The van der Waals surface area contributed by atoms with E-state index in [2.05, 4.69) is 16.1 Å². The van der Waals surface area contributed by atoms with Crippen LogP contribution >= 0.6 is 0 Å². The minimum absolute atomic E-state index is 0.436. The van der Waals surface area contributed by atoms with Crippen molar-refractivity contribution < 1.29 is 19.1 Å². The third kappa shape index (κ3) is 1.31. The monoisotopic (exact) mass is 198 g/mol. The molecule has 0 N–H and O–H groups in total. The smallest absolute Gasteiger partial charge is 0.327 e. The van der Waals surface area contributed by atoms with Crippen molar-refractivity contribution in [1.29, 1.82) is 0 Å². The molecule has 1 aliphatic rings. The van der Waals surface area contributed by atoms with Crippen LogP contribution in [0.15, 0.2) is 12.2 Å². The molecular formula is C10H14O4. The summed E-state index contributed by atoms with van der Waals surface area (Å²) in [5, 5.41) is 0. The standard InChI is InChI=1S/C10H14O4/c1-7-5-4-6-10(7,8(11)13-2)9(12)14-3/h1,4-6H2,2-3H3. The van der Waals surface area contributed by atoms with Crippen LogP contribution in [0.4, 0.5) is 0 Å². The van der Waals surface area contributed by atoms with Crippen molar-refractivity contribution in [3.63, 3.8) is 0 Å². The zero-order chi connectivity index (χ0) is 10.8. The third-order valence-electron chi connectivity index (χ3n) is 2.70. The van der Waals surface area contributed by atoms with E-state index in [1.165, 1.54) is 14.2 Å². The molecule has 78 valence electrons. The van der Waals surface area contributed by atoms with E-state index in [0.717, 1.165) is 6.42 Å². The van der Waals surface area contributed by atoms with E-state index < -0.39 is 17.4 Å². The van der Waals surface area contributed by atoms with Gasteiger partial charge in [0.05, 0.1) is 14.2 Å². The quantitative estimate of drug-likeness (QED) is 0.378. The summed E-state index contributed by atoms with van der Waals surface area (Å²) in [5.41, 5.74) is -0.653. The average Bonchev–Trinajstić information content (AvgIpc) is 2.59. The number of rotatable bonds is 2. The maximum atomic E-state index is 11.6. The fourth-order valence-electron chi connectivity index (χ4n) is 1.88. The first-order valence-corrected chi connectivity index (χ1v) is 4.44. The van der Waals surface area contributed by atoms with Crippen molar-refractivity contribution >= 4 is 11.9 Å². The Hall–Kier alpha value is -1.32. The third-order valence-corrected chi connectivity index (χ3v) is 2.70. The Labute approximate surface area is 82.9 Å². The zero-order valence-corrected chi connectivity index (χ0v) is 8.46. The van der Waals surface area contributed by atoms with E-state index in [1.54, 1.807) is 0 Å². The minimum atomic E-state index is -1.25. The van der Waals surface area contributed by atoms with E-state index in [-0.39, 0.29) is 0 Å². The van der Waals surface area contributed by atoms with Crippen LogP contribution in [0.2, 0.25) is 0 Å². The van der Waals surface area contributed by atoms with E-state index >= 15 is 0 Å². The van der Waals surface area contributed by atoms with Crippen molar-refractivity contribution in [2.75, 3.05) is 14.2 Å². The summed E-state index contributed by atoms with van der Waals surface area (Å²) >= 11 is 0. The highest BCUT2D eigenvalue weighted by Gasteiger charge is 2.53. The predicted molar refractivity (Wildman–Crippen MR) is 49.5 cm³/mol. The second-order valence-corrected chi connectivity index (χ2v) is 3.35. The molecular weight excluding hydrogens is 184 g/mol. The van der Waals surface area contributed by atoms with Crippen LogP contribution in [0, 0.1) is 5.41 Å². The van der Waals surface area contributed by atoms with Crippen molar-refractivity contribution in [3.8, 4) is 0 Å². The Bertz CT molecular complexity index is 264. The fraction of sp³-hybridized carbons (Fsp3) is 0.600. The lowest BCUT2D eigenvalue weighted by molar-refractivity contribution is -0.165. The largest absolute Gasteiger partial charge is 0.468 e. The highest BCUT2D eigenvalue weighted by atomic mass is 16.5. The minimum Gasteiger partial charge on any atom is -0.468 e. The first-order chi connectivity index (χ1) is 6.59. The molecule has 4 heteroatoms. The lowest BCUT2D eigenvalue weighted by Gasteiger charge is -2.23. The summed E-state index contributed by atoms with van der Waals surface area (Å²) in [5.74, 6) is -1.13. The van der Waals surface area contributed by atoms with Crippen molar-refractivity contribution in [1.82, 2.24) is 0 Å². The van der Waals surface area contributed by atoms with Crippen LogP contribution in [0.1, 0.15) is 19.3 Å². The first-order valence-electron chi connectivity index (χ1n) is 4.44. The van der Waals surface area contributed by atoms with E-state index in [0.29, 0.717) is 18.4 Å². The van der Waals surface area contributed by atoms with Crippen molar-refractivity contribution in [3.05, 3.63) is 12.2 Å². The van der Waals surface area contributed by atoms with Gasteiger partial charge in [-0.1, -0.05) is 6.58 Å². The van der Waals surface area contributed by atoms with Crippen LogP contribution in [0.25, 0.3) is 0 Å². The molecule has 0 heterocycles. The first kappa shape index (κ1) is 10.8. The molecule has 1 fully saturated rings.